The average molecular weight is 263 g/mol. The fourth-order valence-corrected chi connectivity index (χ4v) is 3.29. The molecule has 106 valence electrons. The molecule has 1 saturated carbocycles. The van der Waals surface area contributed by atoms with Crippen LogP contribution in [0, 0.1) is 16.7 Å². The molecule has 1 amide bonds. The van der Waals surface area contributed by atoms with E-state index in [0.717, 1.165) is 51.5 Å². The predicted molar refractivity (Wildman–Crippen MR) is 74.4 cm³/mol. The van der Waals surface area contributed by atoms with E-state index in [1.165, 1.54) is 0 Å². The van der Waals surface area contributed by atoms with Gasteiger partial charge in [0.25, 0.3) is 0 Å². The molecule has 0 radical (unpaired) electrons. The summed E-state index contributed by atoms with van der Waals surface area (Å²) in [7, 11) is 2.13. The largest absolute Gasteiger partial charge is 0.352 e. The molecule has 4 nitrogen and oxygen atoms in total. The maximum Gasteiger partial charge on any atom is 0.240 e. The van der Waals surface area contributed by atoms with Crippen LogP contribution in [0.5, 0.6) is 0 Å². The van der Waals surface area contributed by atoms with Gasteiger partial charge in [0.2, 0.25) is 5.91 Å². The molecular weight excluding hydrogens is 238 g/mol. The maximum atomic E-state index is 12.5. The lowest BCUT2D eigenvalue weighted by Crippen LogP contribution is -2.51. The van der Waals surface area contributed by atoms with Crippen molar-refractivity contribution in [1.29, 1.82) is 5.26 Å². The smallest absolute Gasteiger partial charge is 0.240 e. The second-order valence-electron chi connectivity index (χ2n) is 6.28. The molecule has 1 N–H and O–H groups in total. The zero-order chi connectivity index (χ0) is 13.9. The standard InChI is InChI=1S/C15H25N3O/c1-12-10-13(6-9-18(12)2)17-14(19)15(11-16)7-4-3-5-8-15/h12-13H,3-10H2,1-2H3,(H,17,19). The third-order valence-corrected chi connectivity index (χ3v) is 4.90. The molecule has 0 spiro atoms. The fraction of sp³-hybridized carbons (Fsp3) is 0.867. The van der Waals surface area contributed by atoms with Gasteiger partial charge >= 0.3 is 0 Å². The second-order valence-corrected chi connectivity index (χ2v) is 6.28. The molecule has 1 aliphatic heterocycles. The highest BCUT2D eigenvalue weighted by Gasteiger charge is 2.41. The summed E-state index contributed by atoms with van der Waals surface area (Å²) >= 11 is 0. The van der Waals surface area contributed by atoms with Crippen LogP contribution in [0.15, 0.2) is 0 Å². The van der Waals surface area contributed by atoms with Gasteiger partial charge in [-0.1, -0.05) is 19.3 Å². The van der Waals surface area contributed by atoms with Crippen molar-refractivity contribution in [2.24, 2.45) is 5.41 Å². The van der Waals surface area contributed by atoms with Crippen LogP contribution in [0.4, 0.5) is 0 Å². The molecule has 1 saturated heterocycles. The molecule has 2 unspecified atom stereocenters. The minimum Gasteiger partial charge on any atom is -0.352 e. The Balaban J connectivity index is 1.95. The predicted octanol–water partition coefficient (Wildman–Crippen LogP) is 2.06. The van der Waals surface area contributed by atoms with Crippen LogP contribution in [-0.4, -0.2) is 36.5 Å². The molecule has 2 atom stereocenters. The molecule has 1 aliphatic carbocycles. The molecule has 2 rings (SSSR count). The fourth-order valence-electron chi connectivity index (χ4n) is 3.29. The number of amides is 1. The van der Waals surface area contributed by atoms with Crippen LogP contribution in [-0.2, 0) is 4.79 Å². The van der Waals surface area contributed by atoms with Gasteiger partial charge in [0, 0.05) is 18.6 Å². The third kappa shape index (κ3) is 3.09. The lowest BCUT2D eigenvalue weighted by atomic mass is 9.74. The monoisotopic (exact) mass is 263 g/mol. The van der Waals surface area contributed by atoms with E-state index in [-0.39, 0.29) is 11.9 Å². The molecule has 2 fully saturated rings. The molecule has 0 aromatic rings. The summed E-state index contributed by atoms with van der Waals surface area (Å²) in [6.07, 6.45) is 6.62. The Morgan fingerprint density at radius 2 is 2.05 bits per heavy atom. The van der Waals surface area contributed by atoms with Gasteiger partial charge in [0.15, 0.2) is 0 Å². The summed E-state index contributed by atoms with van der Waals surface area (Å²) in [6, 6.07) is 3.05. The summed E-state index contributed by atoms with van der Waals surface area (Å²) in [4.78, 5) is 14.8. The van der Waals surface area contributed by atoms with Crippen LogP contribution in [0.3, 0.4) is 0 Å². The Bertz CT molecular complexity index is 368. The quantitative estimate of drug-likeness (QED) is 0.829. The van der Waals surface area contributed by atoms with Gasteiger partial charge in [-0.25, -0.2) is 0 Å². The Morgan fingerprint density at radius 3 is 2.63 bits per heavy atom. The van der Waals surface area contributed by atoms with E-state index in [1.807, 2.05) is 0 Å². The SMILES string of the molecule is CC1CC(NC(=O)C2(C#N)CCCCC2)CCN1C. The van der Waals surface area contributed by atoms with Crippen molar-refractivity contribution >= 4 is 5.91 Å². The average Bonchev–Trinajstić information content (AvgIpc) is 2.43. The van der Waals surface area contributed by atoms with Gasteiger partial charge in [-0.2, -0.15) is 5.26 Å². The second kappa shape index (κ2) is 5.92. The van der Waals surface area contributed by atoms with Crippen LogP contribution < -0.4 is 5.32 Å². The van der Waals surface area contributed by atoms with E-state index in [4.69, 9.17) is 0 Å². The summed E-state index contributed by atoms with van der Waals surface area (Å²) in [5, 5.41) is 12.6. The highest BCUT2D eigenvalue weighted by molar-refractivity contribution is 5.85. The summed E-state index contributed by atoms with van der Waals surface area (Å²) in [5.74, 6) is -0.0172. The van der Waals surface area contributed by atoms with Crippen molar-refractivity contribution < 1.29 is 4.79 Å². The normalized spacial score (nSPS) is 31.4. The minimum atomic E-state index is -0.745. The van der Waals surface area contributed by atoms with E-state index in [1.54, 1.807) is 0 Å². The highest BCUT2D eigenvalue weighted by atomic mass is 16.2. The van der Waals surface area contributed by atoms with Gasteiger partial charge in [-0.05, 0) is 39.7 Å². The molecule has 4 heteroatoms. The van der Waals surface area contributed by atoms with E-state index in [0.29, 0.717) is 6.04 Å². The van der Waals surface area contributed by atoms with Crippen LogP contribution in [0.2, 0.25) is 0 Å². The molecule has 2 aliphatic rings. The van der Waals surface area contributed by atoms with Gasteiger partial charge in [0.05, 0.1) is 6.07 Å². The summed E-state index contributed by atoms with van der Waals surface area (Å²) < 4.78 is 0. The van der Waals surface area contributed by atoms with Crippen LogP contribution >= 0.6 is 0 Å². The zero-order valence-electron chi connectivity index (χ0n) is 12.1. The number of hydrogen-bond donors (Lipinski definition) is 1. The topological polar surface area (TPSA) is 56.1 Å². The van der Waals surface area contributed by atoms with Crippen molar-refractivity contribution in [1.82, 2.24) is 10.2 Å². The third-order valence-electron chi connectivity index (χ3n) is 4.90. The van der Waals surface area contributed by atoms with Gasteiger partial charge in [0.1, 0.15) is 5.41 Å². The molecule has 1 heterocycles. The maximum absolute atomic E-state index is 12.5. The number of piperidine rings is 1. The van der Waals surface area contributed by atoms with E-state index >= 15 is 0 Å². The van der Waals surface area contributed by atoms with Gasteiger partial charge in [-0.3, -0.25) is 4.79 Å². The lowest BCUT2D eigenvalue weighted by molar-refractivity contribution is -0.130. The number of hydrogen-bond acceptors (Lipinski definition) is 3. The molecule has 0 aromatic carbocycles. The van der Waals surface area contributed by atoms with Crippen molar-refractivity contribution in [3.63, 3.8) is 0 Å². The summed E-state index contributed by atoms with van der Waals surface area (Å²) in [5.41, 5.74) is -0.745. The zero-order valence-corrected chi connectivity index (χ0v) is 12.1. The molecule has 0 aromatic heterocycles. The number of carbonyl (C=O) groups excluding carboxylic acids is 1. The van der Waals surface area contributed by atoms with E-state index in [2.05, 4.69) is 30.3 Å². The van der Waals surface area contributed by atoms with Crippen molar-refractivity contribution in [2.75, 3.05) is 13.6 Å². The number of nitrogens with zero attached hydrogens (tertiary/aromatic N) is 2. The lowest BCUT2D eigenvalue weighted by Gasteiger charge is -2.37. The van der Waals surface area contributed by atoms with Crippen molar-refractivity contribution in [3.8, 4) is 6.07 Å². The van der Waals surface area contributed by atoms with Crippen molar-refractivity contribution in [3.05, 3.63) is 0 Å². The number of nitriles is 1. The minimum absolute atomic E-state index is 0.0172. The Morgan fingerprint density at radius 1 is 1.37 bits per heavy atom. The van der Waals surface area contributed by atoms with E-state index in [9.17, 15) is 10.1 Å². The summed E-state index contributed by atoms with van der Waals surface area (Å²) in [6.45, 7) is 3.21. The Labute approximate surface area is 116 Å². The van der Waals surface area contributed by atoms with E-state index < -0.39 is 5.41 Å². The molecule has 19 heavy (non-hydrogen) atoms. The highest BCUT2D eigenvalue weighted by Crippen LogP contribution is 2.36. The van der Waals surface area contributed by atoms with Crippen LogP contribution in [0.25, 0.3) is 0 Å². The first-order valence-corrected chi connectivity index (χ1v) is 7.50. The molecule has 0 bridgehead atoms. The number of nitrogens with one attached hydrogen (secondary N) is 1. The van der Waals surface area contributed by atoms with Crippen LogP contribution in [0.1, 0.15) is 51.9 Å². The van der Waals surface area contributed by atoms with Crippen molar-refractivity contribution in [2.45, 2.75) is 64.0 Å². The van der Waals surface area contributed by atoms with Gasteiger partial charge in [-0.15, -0.1) is 0 Å². The first-order valence-electron chi connectivity index (χ1n) is 7.50. The Hall–Kier alpha value is -1.08. The number of likely N-dealkylation sites (tertiary alicyclic amines) is 1. The number of carbonyl (C=O) groups is 1. The first kappa shape index (κ1) is 14.3. The van der Waals surface area contributed by atoms with Gasteiger partial charge < -0.3 is 10.2 Å². The first-order chi connectivity index (χ1) is 9.07. The molecular formula is C15H25N3O. The number of rotatable bonds is 2. The Kier molecular flexibility index (Phi) is 4.46.